The van der Waals surface area contributed by atoms with Crippen molar-refractivity contribution < 1.29 is 14.4 Å². The molecular formula is C10H13NO3. The molecule has 4 heteroatoms. The van der Waals surface area contributed by atoms with Crippen molar-refractivity contribution in [2.75, 3.05) is 6.61 Å². The molecule has 0 aliphatic rings. The molecule has 4 nitrogen and oxygen atoms in total. The zero-order valence-electron chi connectivity index (χ0n) is 8.28. The summed E-state index contributed by atoms with van der Waals surface area (Å²) in [4.78, 5) is 0. The molecule has 76 valence electrons. The van der Waals surface area contributed by atoms with Crippen LogP contribution in [0.25, 0.3) is 0 Å². The highest BCUT2D eigenvalue weighted by Crippen LogP contribution is 2.24. The average Bonchev–Trinajstić information content (AvgIpc) is 2.63. The zero-order chi connectivity index (χ0) is 10.6. The Hall–Kier alpha value is -1.31. The lowest BCUT2D eigenvalue weighted by atomic mass is 10.1. The lowest BCUT2D eigenvalue weighted by Gasteiger charge is -2.20. The Morgan fingerprint density at radius 3 is 2.93 bits per heavy atom. The van der Waals surface area contributed by atoms with E-state index in [2.05, 4.69) is 11.1 Å². The van der Waals surface area contributed by atoms with Gasteiger partial charge in [0.15, 0.2) is 5.76 Å². The van der Waals surface area contributed by atoms with E-state index in [1.807, 2.05) is 13.8 Å². The van der Waals surface area contributed by atoms with Gasteiger partial charge in [0.2, 0.25) is 0 Å². The highest BCUT2D eigenvalue weighted by molar-refractivity contribution is 5.11. The van der Waals surface area contributed by atoms with E-state index in [-0.39, 0.29) is 13.2 Å². The minimum atomic E-state index is -0.618. The van der Waals surface area contributed by atoms with Crippen molar-refractivity contribution in [1.82, 2.24) is 5.16 Å². The second kappa shape index (κ2) is 4.27. The van der Waals surface area contributed by atoms with Gasteiger partial charge in [0.1, 0.15) is 17.9 Å². The zero-order valence-corrected chi connectivity index (χ0v) is 8.28. The monoisotopic (exact) mass is 195 g/mol. The number of rotatable bonds is 4. The van der Waals surface area contributed by atoms with Gasteiger partial charge in [-0.3, -0.25) is 0 Å². The van der Waals surface area contributed by atoms with Crippen LogP contribution in [-0.4, -0.2) is 16.9 Å². The minimum Gasteiger partial charge on any atom is -0.390 e. The van der Waals surface area contributed by atoms with Crippen molar-refractivity contribution in [1.29, 1.82) is 0 Å². The Morgan fingerprint density at radius 1 is 1.71 bits per heavy atom. The molecule has 0 spiro atoms. The van der Waals surface area contributed by atoms with E-state index in [4.69, 9.17) is 20.8 Å². The van der Waals surface area contributed by atoms with E-state index in [0.29, 0.717) is 11.5 Å². The smallest absolute Gasteiger partial charge is 0.168 e. The van der Waals surface area contributed by atoms with Crippen molar-refractivity contribution in [3.05, 3.63) is 17.5 Å². The van der Waals surface area contributed by atoms with Crippen LogP contribution in [0.1, 0.15) is 25.3 Å². The van der Waals surface area contributed by atoms with Gasteiger partial charge in [-0.05, 0) is 13.8 Å². The summed E-state index contributed by atoms with van der Waals surface area (Å²) in [7, 11) is 0. The fourth-order valence-corrected chi connectivity index (χ4v) is 0.963. The third-order valence-electron chi connectivity index (χ3n) is 1.83. The standard InChI is InChI=1S/C10H13NO3/c1-4-5-13-10(2,3)9-6-8(7-12)11-14-9/h1,6,12H,5,7H2,2-3H3. The van der Waals surface area contributed by atoms with Gasteiger partial charge in [0.05, 0.1) is 6.61 Å². The number of aromatic nitrogens is 1. The van der Waals surface area contributed by atoms with Crippen molar-refractivity contribution in [2.24, 2.45) is 0 Å². The Morgan fingerprint density at radius 2 is 2.43 bits per heavy atom. The van der Waals surface area contributed by atoms with Crippen molar-refractivity contribution in [3.8, 4) is 12.3 Å². The summed E-state index contributed by atoms with van der Waals surface area (Å²) < 4.78 is 10.4. The topological polar surface area (TPSA) is 55.5 Å². The molecule has 0 unspecified atom stereocenters. The minimum absolute atomic E-state index is 0.144. The summed E-state index contributed by atoms with van der Waals surface area (Å²) >= 11 is 0. The Kier molecular flexibility index (Phi) is 3.28. The predicted octanol–water partition coefficient (Wildman–Crippen LogP) is 1.05. The Bertz CT molecular complexity index is 335. The molecular weight excluding hydrogens is 182 g/mol. The third kappa shape index (κ3) is 2.34. The molecule has 0 saturated carbocycles. The van der Waals surface area contributed by atoms with E-state index >= 15 is 0 Å². The highest BCUT2D eigenvalue weighted by atomic mass is 16.5. The molecule has 1 aromatic heterocycles. The molecule has 1 aromatic rings. The van der Waals surface area contributed by atoms with Gasteiger partial charge in [-0.25, -0.2) is 0 Å². The van der Waals surface area contributed by atoms with Gasteiger partial charge in [-0.1, -0.05) is 11.1 Å². The van der Waals surface area contributed by atoms with Gasteiger partial charge in [-0.2, -0.15) is 0 Å². The first kappa shape index (κ1) is 10.8. The summed E-state index contributed by atoms with van der Waals surface area (Å²) in [5.74, 6) is 2.93. The fourth-order valence-electron chi connectivity index (χ4n) is 0.963. The van der Waals surface area contributed by atoms with Gasteiger partial charge < -0.3 is 14.4 Å². The summed E-state index contributed by atoms with van der Waals surface area (Å²) in [6.45, 7) is 3.72. The maximum absolute atomic E-state index is 8.80. The van der Waals surface area contributed by atoms with Gasteiger partial charge in [0.25, 0.3) is 0 Å². The SMILES string of the molecule is C#CCOC(C)(C)c1cc(CO)no1. The molecule has 0 aliphatic carbocycles. The molecule has 0 aliphatic heterocycles. The predicted molar refractivity (Wildman–Crippen MR) is 50.2 cm³/mol. The lowest BCUT2D eigenvalue weighted by molar-refractivity contribution is -0.0221. The van der Waals surface area contributed by atoms with Gasteiger partial charge in [-0.15, -0.1) is 6.42 Å². The molecule has 0 fully saturated rings. The van der Waals surface area contributed by atoms with Crippen LogP contribution in [0.2, 0.25) is 0 Å². The number of hydrogen-bond donors (Lipinski definition) is 1. The van der Waals surface area contributed by atoms with Crippen molar-refractivity contribution in [2.45, 2.75) is 26.1 Å². The van der Waals surface area contributed by atoms with Crippen LogP contribution < -0.4 is 0 Å². The number of aliphatic hydroxyl groups is 1. The summed E-state index contributed by atoms with van der Waals surface area (Å²) in [6.07, 6.45) is 5.08. The number of nitrogens with zero attached hydrogens (tertiary/aromatic N) is 1. The van der Waals surface area contributed by atoms with Crippen molar-refractivity contribution in [3.63, 3.8) is 0 Å². The Balaban J connectivity index is 2.76. The quantitative estimate of drug-likeness (QED) is 0.729. The number of aliphatic hydroxyl groups excluding tert-OH is 1. The first-order valence-corrected chi connectivity index (χ1v) is 4.24. The van der Waals surface area contributed by atoms with Crippen LogP contribution >= 0.6 is 0 Å². The molecule has 1 N–H and O–H groups in total. The van der Waals surface area contributed by atoms with Crippen LogP contribution in [0.4, 0.5) is 0 Å². The maximum Gasteiger partial charge on any atom is 0.168 e. The van der Waals surface area contributed by atoms with Crippen LogP contribution in [-0.2, 0) is 16.9 Å². The van der Waals surface area contributed by atoms with Crippen LogP contribution in [0, 0.1) is 12.3 Å². The molecule has 1 heterocycles. The van der Waals surface area contributed by atoms with Crippen LogP contribution in [0.15, 0.2) is 10.6 Å². The number of hydrogen-bond acceptors (Lipinski definition) is 4. The third-order valence-corrected chi connectivity index (χ3v) is 1.83. The molecule has 0 aromatic carbocycles. The summed E-state index contributed by atoms with van der Waals surface area (Å²) in [5, 5.41) is 12.4. The van der Waals surface area contributed by atoms with Gasteiger partial charge in [0, 0.05) is 6.07 Å². The van der Waals surface area contributed by atoms with E-state index in [1.54, 1.807) is 6.07 Å². The number of terminal acetylenes is 1. The fraction of sp³-hybridized carbons (Fsp3) is 0.500. The van der Waals surface area contributed by atoms with Crippen LogP contribution in [0.5, 0.6) is 0 Å². The van der Waals surface area contributed by atoms with E-state index in [0.717, 1.165) is 0 Å². The van der Waals surface area contributed by atoms with Crippen molar-refractivity contribution >= 4 is 0 Å². The summed E-state index contributed by atoms with van der Waals surface area (Å²) in [6, 6.07) is 1.65. The highest BCUT2D eigenvalue weighted by Gasteiger charge is 2.26. The molecule has 0 radical (unpaired) electrons. The molecule has 1 rings (SSSR count). The maximum atomic E-state index is 8.80. The normalized spacial score (nSPS) is 11.3. The average molecular weight is 195 g/mol. The largest absolute Gasteiger partial charge is 0.390 e. The first-order valence-electron chi connectivity index (χ1n) is 4.24. The first-order chi connectivity index (χ1) is 6.60. The Labute approximate surface area is 82.9 Å². The molecule has 0 saturated heterocycles. The summed E-state index contributed by atoms with van der Waals surface area (Å²) in [5.41, 5.74) is -0.135. The molecule has 0 atom stereocenters. The molecule has 14 heavy (non-hydrogen) atoms. The van der Waals surface area contributed by atoms with Gasteiger partial charge >= 0.3 is 0 Å². The second-order valence-corrected chi connectivity index (χ2v) is 3.34. The molecule has 0 amide bonds. The number of ether oxygens (including phenoxy) is 1. The molecule has 0 bridgehead atoms. The van der Waals surface area contributed by atoms with E-state index in [1.165, 1.54) is 0 Å². The van der Waals surface area contributed by atoms with E-state index < -0.39 is 5.60 Å². The second-order valence-electron chi connectivity index (χ2n) is 3.34. The van der Waals surface area contributed by atoms with E-state index in [9.17, 15) is 0 Å². The lowest BCUT2D eigenvalue weighted by Crippen LogP contribution is -2.21. The van der Waals surface area contributed by atoms with Crippen LogP contribution in [0.3, 0.4) is 0 Å².